The van der Waals surface area contributed by atoms with Gasteiger partial charge in [-0.15, -0.1) is 0 Å². The number of aryl methyl sites for hydroxylation is 1. The van der Waals surface area contributed by atoms with E-state index in [2.05, 4.69) is 5.32 Å². The third-order valence-electron chi connectivity index (χ3n) is 5.71. The quantitative estimate of drug-likeness (QED) is 0.281. The van der Waals surface area contributed by atoms with Crippen LogP contribution in [0.5, 0.6) is 5.75 Å². The van der Waals surface area contributed by atoms with Crippen molar-refractivity contribution in [2.24, 2.45) is 0 Å². The largest absolute Gasteiger partial charge is 0.484 e. The summed E-state index contributed by atoms with van der Waals surface area (Å²) in [6, 6.07) is 30.1. The van der Waals surface area contributed by atoms with Crippen molar-refractivity contribution in [1.82, 2.24) is 5.32 Å². The summed E-state index contributed by atoms with van der Waals surface area (Å²) in [5.74, 6) is 0.153. The lowest BCUT2D eigenvalue weighted by atomic mass is 10.2. The number of amides is 1. The van der Waals surface area contributed by atoms with Crippen LogP contribution in [0.4, 0.5) is 5.69 Å². The maximum Gasteiger partial charge on any atom is 0.264 e. The number of rotatable bonds is 10. The van der Waals surface area contributed by atoms with E-state index in [4.69, 9.17) is 16.3 Å². The molecule has 0 heterocycles. The van der Waals surface area contributed by atoms with Crippen LogP contribution in [0.1, 0.15) is 16.7 Å². The first-order valence-electron chi connectivity index (χ1n) is 11.7. The monoisotopic (exact) mass is 534 g/mol. The smallest absolute Gasteiger partial charge is 0.264 e. The highest BCUT2D eigenvalue weighted by Gasteiger charge is 2.25. The molecule has 4 rings (SSSR count). The van der Waals surface area contributed by atoms with E-state index in [-0.39, 0.29) is 24.0 Å². The van der Waals surface area contributed by atoms with Gasteiger partial charge >= 0.3 is 0 Å². The average molecular weight is 535 g/mol. The number of sulfonamides is 1. The standard InChI is InChI=1S/C29H27ClN2O4S/c1-22-11-17-27(18-12-22)37(34,35)32(20-23-7-3-2-4-8-23)25-13-15-26(16-14-25)36-21-29(33)31-19-24-9-5-6-10-28(24)30/h2-18H,19-21H2,1H3,(H,31,33). The first-order valence-corrected chi connectivity index (χ1v) is 13.5. The van der Waals surface area contributed by atoms with E-state index in [9.17, 15) is 13.2 Å². The molecule has 0 aliphatic rings. The van der Waals surface area contributed by atoms with Crippen LogP contribution in [0.15, 0.2) is 108 Å². The summed E-state index contributed by atoms with van der Waals surface area (Å²) >= 11 is 6.12. The number of nitrogens with zero attached hydrogens (tertiary/aromatic N) is 1. The molecule has 0 saturated heterocycles. The van der Waals surface area contributed by atoms with Crippen molar-refractivity contribution in [2.45, 2.75) is 24.9 Å². The molecule has 0 bridgehead atoms. The summed E-state index contributed by atoms with van der Waals surface area (Å²) in [7, 11) is -3.83. The van der Waals surface area contributed by atoms with Crippen LogP contribution >= 0.6 is 11.6 Å². The number of carbonyl (C=O) groups excluding carboxylic acids is 1. The van der Waals surface area contributed by atoms with Crippen molar-refractivity contribution >= 4 is 33.2 Å². The van der Waals surface area contributed by atoms with Crippen molar-refractivity contribution in [3.8, 4) is 5.75 Å². The molecule has 0 unspecified atom stereocenters. The molecule has 4 aromatic carbocycles. The van der Waals surface area contributed by atoms with Crippen molar-refractivity contribution in [1.29, 1.82) is 0 Å². The van der Waals surface area contributed by atoms with Crippen molar-refractivity contribution in [2.75, 3.05) is 10.9 Å². The second-order valence-corrected chi connectivity index (χ2v) is 10.7. The summed E-state index contributed by atoms with van der Waals surface area (Å²) in [5.41, 5.74) is 3.13. The molecule has 0 saturated carbocycles. The highest BCUT2D eigenvalue weighted by molar-refractivity contribution is 7.92. The van der Waals surface area contributed by atoms with Gasteiger partial charge in [-0.1, -0.05) is 77.8 Å². The van der Waals surface area contributed by atoms with Crippen LogP contribution < -0.4 is 14.4 Å². The van der Waals surface area contributed by atoms with Gasteiger partial charge in [-0.25, -0.2) is 8.42 Å². The Balaban J connectivity index is 1.46. The lowest BCUT2D eigenvalue weighted by Crippen LogP contribution is -2.30. The van der Waals surface area contributed by atoms with E-state index in [1.807, 2.05) is 55.5 Å². The van der Waals surface area contributed by atoms with Gasteiger partial charge in [0.05, 0.1) is 17.1 Å². The Morgan fingerprint density at radius 3 is 2.19 bits per heavy atom. The Bertz CT molecular complexity index is 1440. The van der Waals surface area contributed by atoms with Gasteiger partial charge in [0.1, 0.15) is 5.75 Å². The fourth-order valence-electron chi connectivity index (χ4n) is 3.65. The van der Waals surface area contributed by atoms with Gasteiger partial charge < -0.3 is 10.1 Å². The Hall–Kier alpha value is -3.81. The van der Waals surface area contributed by atoms with E-state index in [1.54, 1.807) is 54.6 Å². The van der Waals surface area contributed by atoms with Crippen molar-refractivity contribution in [3.63, 3.8) is 0 Å². The highest BCUT2D eigenvalue weighted by atomic mass is 35.5. The minimum absolute atomic E-state index is 0.168. The third-order valence-corrected chi connectivity index (χ3v) is 7.86. The summed E-state index contributed by atoms with van der Waals surface area (Å²) in [6.07, 6.45) is 0. The predicted molar refractivity (Wildman–Crippen MR) is 146 cm³/mol. The fourth-order valence-corrected chi connectivity index (χ4v) is 5.30. The second kappa shape index (κ2) is 12.0. The van der Waals surface area contributed by atoms with E-state index in [0.29, 0.717) is 23.0 Å². The van der Waals surface area contributed by atoms with Crippen molar-refractivity contribution in [3.05, 3.63) is 125 Å². The molecular formula is C29H27ClN2O4S. The predicted octanol–water partition coefficient (Wildman–Crippen LogP) is 5.74. The van der Waals surface area contributed by atoms with E-state index < -0.39 is 10.0 Å². The maximum atomic E-state index is 13.6. The number of nitrogens with one attached hydrogen (secondary N) is 1. The van der Waals surface area contributed by atoms with Gasteiger partial charge in [0, 0.05) is 11.6 Å². The summed E-state index contributed by atoms with van der Waals surface area (Å²) in [4.78, 5) is 12.4. The van der Waals surface area contributed by atoms with Crippen molar-refractivity contribution < 1.29 is 17.9 Å². The zero-order valence-electron chi connectivity index (χ0n) is 20.3. The minimum atomic E-state index is -3.83. The van der Waals surface area contributed by atoms with Crippen LogP contribution in [0.3, 0.4) is 0 Å². The molecule has 37 heavy (non-hydrogen) atoms. The van der Waals surface area contributed by atoms with Gasteiger partial charge in [0.25, 0.3) is 15.9 Å². The maximum absolute atomic E-state index is 13.6. The highest BCUT2D eigenvalue weighted by Crippen LogP contribution is 2.28. The normalized spacial score (nSPS) is 11.1. The lowest BCUT2D eigenvalue weighted by Gasteiger charge is -2.25. The van der Waals surface area contributed by atoms with Crippen LogP contribution in [0.25, 0.3) is 0 Å². The number of carbonyl (C=O) groups is 1. The van der Waals surface area contributed by atoms with E-state index in [1.165, 1.54) is 4.31 Å². The number of hydrogen-bond acceptors (Lipinski definition) is 4. The average Bonchev–Trinajstić information content (AvgIpc) is 2.91. The first kappa shape index (κ1) is 26.3. The number of halogens is 1. The summed E-state index contributed by atoms with van der Waals surface area (Å²) in [5, 5.41) is 3.36. The Morgan fingerprint density at radius 2 is 1.51 bits per heavy atom. The van der Waals surface area contributed by atoms with Gasteiger partial charge in [0.15, 0.2) is 6.61 Å². The molecule has 0 aromatic heterocycles. The van der Waals surface area contributed by atoms with Crippen LogP contribution in [-0.2, 0) is 27.9 Å². The first-order chi connectivity index (χ1) is 17.8. The zero-order chi connectivity index (χ0) is 26.3. The number of benzene rings is 4. The second-order valence-electron chi connectivity index (χ2n) is 8.46. The molecule has 0 atom stereocenters. The van der Waals surface area contributed by atoms with Gasteiger partial charge in [-0.2, -0.15) is 0 Å². The Morgan fingerprint density at radius 1 is 0.865 bits per heavy atom. The molecule has 190 valence electrons. The molecular weight excluding hydrogens is 508 g/mol. The molecule has 0 radical (unpaired) electrons. The zero-order valence-corrected chi connectivity index (χ0v) is 21.9. The van der Waals surface area contributed by atoms with E-state index >= 15 is 0 Å². The van der Waals surface area contributed by atoms with Crippen LogP contribution in [-0.4, -0.2) is 20.9 Å². The molecule has 6 nitrogen and oxygen atoms in total. The molecule has 0 fully saturated rings. The van der Waals surface area contributed by atoms with Gasteiger partial charge in [0.2, 0.25) is 0 Å². The number of hydrogen-bond donors (Lipinski definition) is 1. The summed E-state index contributed by atoms with van der Waals surface area (Å²) in [6.45, 7) is 2.20. The Kier molecular flexibility index (Phi) is 8.48. The van der Waals surface area contributed by atoms with Gasteiger partial charge in [-0.3, -0.25) is 9.10 Å². The molecule has 1 N–H and O–H groups in total. The number of anilines is 1. The van der Waals surface area contributed by atoms with Crippen LogP contribution in [0, 0.1) is 6.92 Å². The summed E-state index contributed by atoms with van der Waals surface area (Å²) < 4.78 is 34.2. The fraction of sp³-hybridized carbons (Fsp3) is 0.138. The molecule has 0 aliphatic carbocycles. The topological polar surface area (TPSA) is 75.7 Å². The minimum Gasteiger partial charge on any atom is -0.484 e. The molecule has 0 spiro atoms. The Labute approximate surface area is 222 Å². The van der Waals surface area contributed by atoms with E-state index in [0.717, 1.165) is 16.7 Å². The third kappa shape index (κ3) is 6.90. The molecule has 1 amide bonds. The molecule has 0 aliphatic heterocycles. The lowest BCUT2D eigenvalue weighted by molar-refractivity contribution is -0.123. The number of ether oxygens (including phenoxy) is 1. The molecule has 8 heteroatoms. The SMILES string of the molecule is Cc1ccc(S(=O)(=O)N(Cc2ccccc2)c2ccc(OCC(=O)NCc3ccccc3Cl)cc2)cc1. The molecule has 4 aromatic rings. The van der Waals surface area contributed by atoms with Crippen LogP contribution in [0.2, 0.25) is 5.02 Å². The van der Waals surface area contributed by atoms with Gasteiger partial charge in [-0.05, 0) is 60.5 Å².